The third kappa shape index (κ3) is 5.58. The van der Waals surface area contributed by atoms with Gasteiger partial charge in [-0.15, -0.1) is 5.10 Å². The average molecular weight is 475 g/mol. The molecule has 0 aliphatic carbocycles. The van der Waals surface area contributed by atoms with Crippen LogP contribution in [0.3, 0.4) is 0 Å². The fourth-order valence-corrected chi connectivity index (χ4v) is 4.67. The number of amides is 1. The molecule has 2 N–H and O–H groups in total. The molecule has 0 saturated heterocycles. The summed E-state index contributed by atoms with van der Waals surface area (Å²) >= 11 is 1.24. The predicted molar refractivity (Wildman–Crippen MR) is 134 cm³/mol. The summed E-state index contributed by atoms with van der Waals surface area (Å²) in [4.78, 5) is 26.0. The summed E-state index contributed by atoms with van der Waals surface area (Å²) in [5.41, 5.74) is 3.22. The molecule has 4 aromatic rings. The number of rotatable bonds is 9. The number of aryl methyl sites for hydroxylation is 2. The van der Waals surface area contributed by atoms with E-state index >= 15 is 0 Å². The van der Waals surface area contributed by atoms with Gasteiger partial charge in [-0.3, -0.25) is 9.36 Å². The van der Waals surface area contributed by atoms with Gasteiger partial charge < -0.3 is 10.1 Å². The minimum atomic E-state index is -0.628. The number of methoxy groups -OCH3 is 1. The summed E-state index contributed by atoms with van der Waals surface area (Å²) in [6.45, 7) is 2.41. The van der Waals surface area contributed by atoms with E-state index in [1.807, 2.05) is 85.8 Å². The third-order valence-corrected chi connectivity index (χ3v) is 6.61. The lowest BCUT2D eigenvalue weighted by atomic mass is 10.1. The lowest BCUT2D eigenvalue weighted by Crippen LogP contribution is -2.22. The molecule has 0 bridgehead atoms. The minimum Gasteiger partial charge on any atom is -0.495 e. The Bertz CT molecular complexity index is 1300. The molecular weight excluding hydrogens is 448 g/mol. The molecule has 0 fully saturated rings. The fraction of sp³-hybridized carbons (Fsp3) is 0.192. The van der Waals surface area contributed by atoms with Gasteiger partial charge in [-0.05, 0) is 42.2 Å². The van der Waals surface area contributed by atoms with E-state index in [0.29, 0.717) is 29.6 Å². The number of anilines is 1. The first-order chi connectivity index (χ1) is 16.5. The summed E-state index contributed by atoms with van der Waals surface area (Å²) in [7, 11) is 1.57. The normalized spacial score (nSPS) is 11.7. The van der Waals surface area contributed by atoms with Crippen LogP contribution in [-0.2, 0) is 17.8 Å². The van der Waals surface area contributed by atoms with Crippen LogP contribution in [-0.4, -0.2) is 27.8 Å². The first-order valence-electron chi connectivity index (χ1n) is 10.9. The van der Waals surface area contributed by atoms with Crippen LogP contribution >= 0.6 is 11.8 Å². The number of aromatic amines is 1. The van der Waals surface area contributed by atoms with Crippen molar-refractivity contribution in [1.29, 1.82) is 0 Å². The Labute approximate surface area is 202 Å². The van der Waals surface area contributed by atoms with E-state index in [1.54, 1.807) is 11.7 Å². The van der Waals surface area contributed by atoms with E-state index in [-0.39, 0.29) is 11.6 Å². The highest BCUT2D eigenvalue weighted by molar-refractivity contribution is 8.00. The molecule has 0 saturated carbocycles. The number of ether oxygens (including phenoxy) is 1. The molecule has 8 heteroatoms. The number of hydrogen-bond donors (Lipinski definition) is 2. The smallest absolute Gasteiger partial charge is 0.343 e. The molecule has 3 aromatic carbocycles. The molecule has 1 atom stereocenters. The number of hydrogen-bond acceptors (Lipinski definition) is 5. The first-order valence-corrected chi connectivity index (χ1v) is 11.8. The molecule has 174 valence electrons. The molecule has 7 nitrogen and oxygen atoms in total. The summed E-state index contributed by atoms with van der Waals surface area (Å²) in [5.74, 6) is 0.348. The van der Waals surface area contributed by atoms with E-state index in [2.05, 4.69) is 15.5 Å². The molecule has 1 unspecified atom stereocenters. The largest absolute Gasteiger partial charge is 0.495 e. The Morgan fingerprint density at radius 1 is 1.09 bits per heavy atom. The zero-order valence-corrected chi connectivity index (χ0v) is 19.8. The van der Waals surface area contributed by atoms with Gasteiger partial charge in [0.15, 0.2) is 5.16 Å². The second-order valence-electron chi connectivity index (χ2n) is 7.80. The maximum atomic E-state index is 13.5. The summed E-state index contributed by atoms with van der Waals surface area (Å²) in [6.07, 6.45) is 0.677. The zero-order valence-electron chi connectivity index (χ0n) is 19.0. The van der Waals surface area contributed by atoms with Crippen LogP contribution in [0.15, 0.2) is 88.8 Å². The van der Waals surface area contributed by atoms with Crippen molar-refractivity contribution < 1.29 is 9.53 Å². The summed E-state index contributed by atoms with van der Waals surface area (Å²) in [5, 5.41) is 9.57. The van der Waals surface area contributed by atoms with Crippen molar-refractivity contribution in [3.05, 3.63) is 106 Å². The van der Waals surface area contributed by atoms with Gasteiger partial charge in [-0.1, -0.05) is 78.5 Å². The van der Waals surface area contributed by atoms with Crippen molar-refractivity contribution in [3.63, 3.8) is 0 Å². The number of nitrogens with one attached hydrogen (secondary N) is 2. The SMILES string of the molecule is COc1ccc(C)cc1NC(=O)C(Sc1n[nH]c(=O)n1CCc1ccccc1)c1ccccc1. The summed E-state index contributed by atoms with van der Waals surface area (Å²) in [6, 6.07) is 25.0. The monoisotopic (exact) mass is 474 g/mol. The van der Waals surface area contributed by atoms with Crippen LogP contribution in [0.2, 0.25) is 0 Å². The topological polar surface area (TPSA) is 89.0 Å². The number of nitrogens with zero attached hydrogens (tertiary/aromatic N) is 2. The molecule has 0 radical (unpaired) electrons. The standard InChI is InChI=1S/C26H26N4O3S/c1-18-13-14-22(33-2)21(17-18)27-24(31)23(20-11-7-4-8-12-20)34-26-29-28-25(32)30(26)16-15-19-9-5-3-6-10-19/h3-14,17,23H,15-16H2,1-2H3,(H,27,31)(H,28,32). The van der Waals surface area contributed by atoms with Gasteiger partial charge in [0.2, 0.25) is 5.91 Å². The predicted octanol–water partition coefficient (Wildman–Crippen LogP) is 4.60. The van der Waals surface area contributed by atoms with Crippen LogP contribution in [0.1, 0.15) is 21.9 Å². The van der Waals surface area contributed by atoms with Crippen molar-refractivity contribution in [3.8, 4) is 5.75 Å². The van der Waals surface area contributed by atoms with E-state index < -0.39 is 5.25 Å². The third-order valence-electron chi connectivity index (χ3n) is 5.37. The number of H-pyrrole nitrogens is 1. The Balaban J connectivity index is 1.60. The molecule has 1 aromatic heterocycles. The number of carbonyl (C=O) groups is 1. The van der Waals surface area contributed by atoms with Gasteiger partial charge in [0, 0.05) is 6.54 Å². The average Bonchev–Trinajstić information content (AvgIpc) is 3.21. The van der Waals surface area contributed by atoms with E-state index in [1.165, 1.54) is 11.8 Å². The maximum Gasteiger partial charge on any atom is 0.343 e. The van der Waals surface area contributed by atoms with Gasteiger partial charge in [0.1, 0.15) is 11.0 Å². The fourth-order valence-electron chi connectivity index (χ4n) is 3.60. The Morgan fingerprint density at radius 2 is 1.79 bits per heavy atom. The molecule has 1 amide bonds. The highest BCUT2D eigenvalue weighted by atomic mass is 32.2. The lowest BCUT2D eigenvalue weighted by molar-refractivity contribution is -0.115. The van der Waals surface area contributed by atoms with Gasteiger partial charge in [-0.2, -0.15) is 0 Å². The van der Waals surface area contributed by atoms with Crippen LogP contribution < -0.4 is 15.7 Å². The van der Waals surface area contributed by atoms with Crippen molar-refractivity contribution in [2.45, 2.75) is 30.3 Å². The van der Waals surface area contributed by atoms with E-state index in [0.717, 1.165) is 16.7 Å². The Hall–Kier alpha value is -3.78. The van der Waals surface area contributed by atoms with Crippen molar-refractivity contribution in [2.75, 3.05) is 12.4 Å². The maximum absolute atomic E-state index is 13.5. The minimum absolute atomic E-state index is 0.231. The highest BCUT2D eigenvalue weighted by Crippen LogP contribution is 2.36. The lowest BCUT2D eigenvalue weighted by Gasteiger charge is -2.18. The van der Waals surface area contributed by atoms with E-state index in [4.69, 9.17) is 4.74 Å². The molecule has 0 aliphatic heterocycles. The number of thioether (sulfide) groups is 1. The quantitative estimate of drug-likeness (QED) is 0.346. The zero-order chi connectivity index (χ0) is 23.9. The van der Waals surface area contributed by atoms with E-state index in [9.17, 15) is 9.59 Å². The van der Waals surface area contributed by atoms with Crippen molar-refractivity contribution >= 4 is 23.4 Å². The first kappa shape index (κ1) is 23.4. The highest BCUT2D eigenvalue weighted by Gasteiger charge is 2.26. The van der Waals surface area contributed by atoms with Crippen LogP contribution in [0.5, 0.6) is 5.75 Å². The van der Waals surface area contributed by atoms with Crippen LogP contribution in [0.25, 0.3) is 0 Å². The Kier molecular flexibility index (Phi) is 7.49. The van der Waals surface area contributed by atoms with Crippen molar-refractivity contribution in [2.24, 2.45) is 0 Å². The van der Waals surface area contributed by atoms with Gasteiger partial charge >= 0.3 is 5.69 Å². The van der Waals surface area contributed by atoms with Crippen LogP contribution in [0.4, 0.5) is 5.69 Å². The second-order valence-corrected chi connectivity index (χ2v) is 8.87. The Morgan fingerprint density at radius 3 is 2.50 bits per heavy atom. The number of aromatic nitrogens is 3. The molecular formula is C26H26N4O3S. The molecule has 0 spiro atoms. The van der Waals surface area contributed by atoms with Crippen LogP contribution in [0, 0.1) is 6.92 Å². The molecule has 1 heterocycles. The molecule has 4 rings (SSSR count). The number of benzene rings is 3. The molecule has 34 heavy (non-hydrogen) atoms. The van der Waals surface area contributed by atoms with Crippen molar-refractivity contribution in [1.82, 2.24) is 14.8 Å². The molecule has 0 aliphatic rings. The van der Waals surface area contributed by atoms with Gasteiger partial charge in [0.25, 0.3) is 0 Å². The summed E-state index contributed by atoms with van der Waals surface area (Å²) < 4.78 is 6.99. The van der Waals surface area contributed by atoms with Gasteiger partial charge in [0.05, 0.1) is 12.8 Å². The number of carbonyl (C=O) groups excluding carboxylic acids is 1. The van der Waals surface area contributed by atoms with Gasteiger partial charge in [-0.25, -0.2) is 9.89 Å². The second kappa shape index (κ2) is 10.9.